The third-order valence-electron chi connectivity index (χ3n) is 11.4. The molecule has 0 aliphatic rings. The van der Waals surface area contributed by atoms with Crippen molar-refractivity contribution in [3.63, 3.8) is 0 Å². The third kappa shape index (κ3) is 9.69. The predicted molar refractivity (Wildman–Crippen MR) is 266 cm³/mol. The van der Waals surface area contributed by atoms with Crippen LogP contribution in [0.25, 0.3) is 89.1 Å². The van der Waals surface area contributed by atoms with Crippen molar-refractivity contribution in [3.05, 3.63) is 192 Å². The molecule has 0 saturated carbocycles. The van der Waals surface area contributed by atoms with Gasteiger partial charge in [0.15, 0.2) is 0 Å². The number of fused-ring (bicyclic) bond motifs is 4. The summed E-state index contributed by atoms with van der Waals surface area (Å²) in [5, 5.41) is 2.08. The van der Waals surface area contributed by atoms with Gasteiger partial charge in [0.25, 0.3) is 0 Å². The van der Waals surface area contributed by atoms with Gasteiger partial charge in [-0.3, -0.25) is 4.98 Å². The second-order valence-corrected chi connectivity index (χ2v) is 18.0. The van der Waals surface area contributed by atoms with E-state index in [0.29, 0.717) is 34.5 Å². The van der Waals surface area contributed by atoms with Gasteiger partial charge in [0, 0.05) is 44.1 Å². The average Bonchev–Trinajstić information content (AvgIpc) is 3.96. The normalized spacial score (nSPS) is 13.2. The Hall–Kier alpha value is -6.39. The molecule has 0 unspecified atom stereocenters. The molecule has 65 heavy (non-hydrogen) atoms. The molecule has 0 aliphatic heterocycles. The first-order valence-corrected chi connectivity index (χ1v) is 21.9. The number of aromatic nitrogens is 2. The number of aryl methyl sites for hydroxylation is 1. The SMILES string of the molecule is CC(C)c1cc(-c2ccccc2)cc(C(C)C)c1-c1cccc2nc(-c3[c-]ccc4c3oc3cc(-c5ccccc5)ccc34)oc12.[2H]C([2H])([2H])c1c[c-]c(-c2ccc(C([2H])([2H])C(C)(C)C)cn2)cc1.[Ir]. The molecule has 3 aromatic heterocycles. The molecule has 0 saturated heterocycles. The molecule has 3 heterocycles. The molecule has 0 N–H and O–H groups in total. The molecule has 4 nitrogen and oxygen atoms in total. The number of hydrogen-bond acceptors (Lipinski definition) is 4. The summed E-state index contributed by atoms with van der Waals surface area (Å²) >= 11 is 0. The van der Waals surface area contributed by atoms with Crippen molar-refractivity contribution in [2.24, 2.45) is 5.41 Å². The second kappa shape index (κ2) is 19.0. The molecule has 1 radical (unpaired) electrons. The van der Waals surface area contributed by atoms with E-state index < -0.39 is 18.6 Å². The van der Waals surface area contributed by atoms with Crippen LogP contribution in [0.4, 0.5) is 0 Å². The fourth-order valence-corrected chi connectivity index (χ4v) is 8.31. The summed E-state index contributed by atoms with van der Waals surface area (Å²) in [6.45, 7) is 12.5. The minimum atomic E-state index is -2.14. The first-order valence-electron chi connectivity index (χ1n) is 24.4. The molecular formula is C60H54IrN2O2-2. The van der Waals surface area contributed by atoms with E-state index in [-0.39, 0.29) is 25.7 Å². The molecule has 7 aromatic carbocycles. The Bertz CT molecular complexity index is 3400. The molecule has 5 heteroatoms. The molecule has 10 rings (SSSR count). The van der Waals surface area contributed by atoms with Gasteiger partial charge < -0.3 is 13.8 Å². The van der Waals surface area contributed by atoms with Gasteiger partial charge in [-0.2, -0.15) is 0 Å². The molecule has 0 atom stereocenters. The number of para-hydroxylation sites is 1. The zero-order valence-corrected chi connectivity index (χ0v) is 40.1. The minimum Gasteiger partial charge on any atom is -0.500 e. The van der Waals surface area contributed by atoms with Crippen molar-refractivity contribution in [2.75, 3.05) is 0 Å². The van der Waals surface area contributed by atoms with Crippen LogP contribution in [0.5, 0.6) is 0 Å². The summed E-state index contributed by atoms with van der Waals surface area (Å²) in [7, 11) is 0. The van der Waals surface area contributed by atoms with Crippen LogP contribution in [0, 0.1) is 24.4 Å². The Labute approximate surface area is 404 Å². The minimum absolute atomic E-state index is 0. The number of hydrogen-bond donors (Lipinski definition) is 0. The van der Waals surface area contributed by atoms with Crippen LogP contribution >= 0.6 is 0 Å². The van der Waals surface area contributed by atoms with Crippen LogP contribution in [0.15, 0.2) is 167 Å². The van der Waals surface area contributed by atoms with Crippen molar-refractivity contribution in [2.45, 2.75) is 73.5 Å². The topological polar surface area (TPSA) is 52.1 Å². The van der Waals surface area contributed by atoms with Crippen molar-refractivity contribution in [3.8, 4) is 56.1 Å². The van der Waals surface area contributed by atoms with Crippen LogP contribution in [0.2, 0.25) is 0 Å². The van der Waals surface area contributed by atoms with Crippen LogP contribution in [-0.2, 0) is 26.5 Å². The first kappa shape index (κ1) is 39.0. The molecule has 327 valence electrons. The Morgan fingerprint density at radius 3 is 1.98 bits per heavy atom. The van der Waals surface area contributed by atoms with Gasteiger partial charge in [0.05, 0.1) is 11.1 Å². The molecular weight excluding hydrogens is 973 g/mol. The monoisotopic (exact) mass is 1030 g/mol. The van der Waals surface area contributed by atoms with E-state index in [9.17, 15) is 0 Å². The van der Waals surface area contributed by atoms with Crippen LogP contribution in [0.3, 0.4) is 0 Å². The summed E-state index contributed by atoms with van der Waals surface area (Å²) in [6.07, 6.45) is 0.0411. The molecule has 0 fully saturated rings. The number of furan rings is 1. The van der Waals surface area contributed by atoms with Crippen molar-refractivity contribution in [1.82, 2.24) is 9.97 Å². The number of pyridine rings is 1. The summed E-state index contributed by atoms with van der Waals surface area (Å²) in [6, 6.07) is 56.8. The zero-order valence-electron chi connectivity index (χ0n) is 42.7. The molecule has 0 aliphatic carbocycles. The number of nitrogens with zero attached hydrogens (tertiary/aromatic N) is 2. The van der Waals surface area contributed by atoms with Crippen molar-refractivity contribution >= 4 is 33.0 Å². The van der Waals surface area contributed by atoms with Gasteiger partial charge in [-0.1, -0.05) is 170 Å². The van der Waals surface area contributed by atoms with E-state index in [1.807, 2.05) is 39.0 Å². The largest absolute Gasteiger partial charge is 0.500 e. The smallest absolute Gasteiger partial charge is 0.149 e. The third-order valence-corrected chi connectivity index (χ3v) is 11.4. The Morgan fingerprint density at radius 1 is 0.662 bits per heavy atom. The van der Waals surface area contributed by atoms with E-state index in [2.05, 4.69) is 148 Å². The second-order valence-electron chi connectivity index (χ2n) is 18.0. The van der Waals surface area contributed by atoms with Gasteiger partial charge in [0.1, 0.15) is 17.1 Å². The predicted octanol–water partition coefficient (Wildman–Crippen LogP) is 16.9. The van der Waals surface area contributed by atoms with Crippen LogP contribution < -0.4 is 0 Å². The summed E-state index contributed by atoms with van der Waals surface area (Å²) in [5.74, 6) is 1.13. The Balaban J connectivity index is 0.000000233. The van der Waals surface area contributed by atoms with Gasteiger partial charge in [-0.05, 0) is 91.5 Å². The van der Waals surface area contributed by atoms with Gasteiger partial charge >= 0.3 is 0 Å². The summed E-state index contributed by atoms with van der Waals surface area (Å²) < 4.78 is 51.8. The van der Waals surface area contributed by atoms with E-state index in [0.717, 1.165) is 55.3 Å². The van der Waals surface area contributed by atoms with E-state index in [4.69, 9.17) is 20.7 Å². The van der Waals surface area contributed by atoms with Crippen LogP contribution in [0.1, 0.15) is 89.4 Å². The van der Waals surface area contributed by atoms with E-state index in [1.165, 1.54) is 40.1 Å². The summed E-state index contributed by atoms with van der Waals surface area (Å²) in [5.41, 5.74) is 15.1. The molecule has 0 amide bonds. The van der Waals surface area contributed by atoms with E-state index in [1.54, 1.807) is 24.3 Å². The van der Waals surface area contributed by atoms with Crippen LogP contribution in [-0.4, -0.2) is 9.97 Å². The fourth-order valence-electron chi connectivity index (χ4n) is 8.31. The number of oxazole rings is 1. The maximum atomic E-state index is 8.25. The molecule has 0 bridgehead atoms. The van der Waals surface area contributed by atoms with Gasteiger partial charge in [0.2, 0.25) is 0 Å². The first-order chi connectivity index (χ1) is 32.9. The number of benzene rings is 7. The zero-order chi connectivity index (χ0) is 48.8. The Morgan fingerprint density at radius 2 is 1.37 bits per heavy atom. The average molecular weight is 1030 g/mol. The van der Waals surface area contributed by atoms with Gasteiger partial charge in [-0.25, -0.2) is 0 Å². The standard InChI is InChI=1S/C43H34NO2.C17H20N.Ir/c1-26(2)36-23-31(29-15-9-6-10-16-29)24-37(27(3)4)40(36)34-18-12-20-38-42(34)46-43(44-38)35-19-11-17-33-32-22-21-30(25-39(32)45-41(33)35)28-13-7-5-8-14-28;1-13-5-8-15(9-6-13)16-10-7-14(12-18-16)11-17(2,3)4;/h5-18,20-27H,1-4H3;5-8,10,12H,11H2,1-4H3;/q2*-1;/i;1D3,11D2;. The number of rotatable bonds is 8. The molecule has 0 spiro atoms. The summed E-state index contributed by atoms with van der Waals surface area (Å²) in [4.78, 5) is 9.32. The van der Waals surface area contributed by atoms with Crippen molar-refractivity contribution < 1.29 is 35.8 Å². The maximum absolute atomic E-state index is 8.25. The maximum Gasteiger partial charge on any atom is 0.149 e. The van der Waals surface area contributed by atoms with E-state index >= 15 is 0 Å². The fraction of sp³-hybridized carbons (Fsp3) is 0.200. The quantitative estimate of drug-likeness (QED) is 0.142. The van der Waals surface area contributed by atoms with Gasteiger partial charge in [-0.15, -0.1) is 53.6 Å². The van der Waals surface area contributed by atoms with Crippen molar-refractivity contribution in [1.29, 1.82) is 0 Å². The Kier molecular flexibility index (Phi) is 11.4. The molecule has 10 aromatic rings.